The summed E-state index contributed by atoms with van der Waals surface area (Å²) in [5, 5.41) is 0. The van der Waals surface area contributed by atoms with Crippen molar-refractivity contribution in [3.63, 3.8) is 0 Å². The summed E-state index contributed by atoms with van der Waals surface area (Å²) in [7, 11) is -4.89. The average Bonchev–Trinajstić information content (AvgIpc) is 2.02. The van der Waals surface area contributed by atoms with E-state index in [0.29, 0.717) is 0 Å². The topological polar surface area (TPSA) is 34.1 Å². The lowest BCUT2D eigenvalue weighted by Gasteiger charge is -2.05. The maximum atomic E-state index is 13.0. The van der Waals surface area contributed by atoms with E-state index in [-0.39, 0.29) is 4.47 Å². The van der Waals surface area contributed by atoms with Crippen molar-refractivity contribution in [1.82, 2.24) is 0 Å². The van der Waals surface area contributed by atoms with Gasteiger partial charge < -0.3 is 0 Å². The van der Waals surface area contributed by atoms with Crippen molar-refractivity contribution in [3.05, 3.63) is 28.5 Å². The van der Waals surface area contributed by atoms with Gasteiger partial charge in [0.25, 0.3) is 0 Å². The Balaban J connectivity index is 3.48. The molecule has 0 N–H and O–H groups in total. The maximum absolute atomic E-state index is 13.0. The summed E-state index contributed by atoms with van der Waals surface area (Å²) in [4.78, 5) is -1.00. The van der Waals surface area contributed by atoms with Gasteiger partial charge in [-0.25, -0.2) is 12.8 Å². The van der Waals surface area contributed by atoms with Crippen LogP contribution in [0.4, 0.5) is 13.2 Å². The smallest absolute Gasteiger partial charge is 0.218 e. The monoisotopic (exact) mass is 288 g/mol. The molecule has 1 aromatic rings. The van der Waals surface area contributed by atoms with Gasteiger partial charge >= 0.3 is 5.76 Å². The Hall–Kier alpha value is -0.560. The zero-order valence-corrected chi connectivity index (χ0v) is 8.95. The van der Waals surface area contributed by atoms with Crippen molar-refractivity contribution >= 4 is 25.8 Å². The molecule has 0 saturated carbocycles. The first-order chi connectivity index (χ1) is 6.37. The minimum atomic E-state index is -4.89. The fraction of sp³-hybridized carbons (Fsp3) is 0.143. The van der Waals surface area contributed by atoms with Gasteiger partial charge in [-0.2, -0.15) is 8.78 Å². The molecule has 0 radical (unpaired) electrons. The average molecular weight is 289 g/mol. The van der Waals surface area contributed by atoms with E-state index in [1.165, 1.54) is 12.1 Å². The van der Waals surface area contributed by atoms with Crippen LogP contribution in [0.2, 0.25) is 0 Å². The Bertz CT molecular complexity index is 424. The first kappa shape index (κ1) is 11.5. The minimum Gasteiger partial charge on any atom is -0.218 e. The van der Waals surface area contributed by atoms with Crippen LogP contribution in [0.1, 0.15) is 0 Å². The van der Waals surface area contributed by atoms with Crippen molar-refractivity contribution in [2.24, 2.45) is 0 Å². The van der Waals surface area contributed by atoms with Gasteiger partial charge in [0, 0.05) is 4.47 Å². The number of hydrogen-bond donors (Lipinski definition) is 0. The molecule has 1 rings (SSSR count). The molecule has 0 amide bonds. The van der Waals surface area contributed by atoms with Crippen LogP contribution in [0.5, 0.6) is 0 Å². The largest absolute Gasteiger partial charge is 0.341 e. The van der Waals surface area contributed by atoms with Crippen LogP contribution in [0, 0.1) is 5.82 Å². The molecular formula is C7H4BrF3O2S. The van der Waals surface area contributed by atoms with E-state index in [4.69, 9.17) is 0 Å². The fourth-order valence-electron chi connectivity index (χ4n) is 0.843. The van der Waals surface area contributed by atoms with Crippen LogP contribution in [0.15, 0.2) is 27.6 Å². The predicted octanol–water partition coefficient (Wildman–Crippen LogP) is 2.58. The summed E-state index contributed by atoms with van der Waals surface area (Å²) in [6, 6.07) is 3.20. The highest BCUT2D eigenvalue weighted by molar-refractivity contribution is 9.10. The molecule has 0 unspecified atom stereocenters. The molecule has 0 spiro atoms. The third-order valence-electron chi connectivity index (χ3n) is 1.44. The first-order valence-electron chi connectivity index (χ1n) is 3.33. The summed E-state index contributed by atoms with van der Waals surface area (Å²) >= 11 is 2.70. The SMILES string of the molecule is O=S(=O)(c1c(F)cccc1Br)C(F)F. The highest BCUT2D eigenvalue weighted by Gasteiger charge is 2.31. The minimum absolute atomic E-state index is 0.210. The summed E-state index contributed by atoms with van der Waals surface area (Å²) in [5.74, 6) is -4.82. The molecule has 0 aliphatic rings. The summed E-state index contributed by atoms with van der Waals surface area (Å²) in [5.41, 5.74) is 0. The Morgan fingerprint density at radius 3 is 2.29 bits per heavy atom. The quantitative estimate of drug-likeness (QED) is 0.838. The third kappa shape index (κ3) is 1.93. The molecule has 0 aliphatic carbocycles. The molecular weight excluding hydrogens is 285 g/mol. The lowest BCUT2D eigenvalue weighted by atomic mass is 10.3. The summed E-state index contributed by atoms with van der Waals surface area (Å²) < 4.78 is 58.8. The molecule has 0 saturated heterocycles. The zero-order valence-electron chi connectivity index (χ0n) is 6.55. The molecule has 0 atom stereocenters. The van der Waals surface area contributed by atoms with Crippen LogP contribution in [-0.2, 0) is 9.84 Å². The van der Waals surface area contributed by atoms with Gasteiger partial charge in [-0.3, -0.25) is 0 Å². The Labute approximate surface area is 86.8 Å². The summed E-state index contributed by atoms with van der Waals surface area (Å²) in [6.07, 6.45) is 0. The second-order valence-electron chi connectivity index (χ2n) is 2.36. The standard InChI is InChI=1S/C7H4BrF3O2S/c8-4-2-1-3-5(9)6(4)14(12,13)7(10)11/h1-3,7H. The van der Waals surface area contributed by atoms with E-state index in [2.05, 4.69) is 15.9 Å². The van der Waals surface area contributed by atoms with E-state index in [1.54, 1.807) is 0 Å². The normalized spacial score (nSPS) is 12.1. The number of benzene rings is 1. The molecule has 1 aromatic carbocycles. The van der Waals surface area contributed by atoms with Crippen LogP contribution < -0.4 is 0 Å². The van der Waals surface area contributed by atoms with Gasteiger partial charge in [0.15, 0.2) is 0 Å². The molecule has 0 aromatic heterocycles. The van der Waals surface area contributed by atoms with Gasteiger partial charge in [-0.05, 0) is 28.1 Å². The number of hydrogen-bond acceptors (Lipinski definition) is 2. The van der Waals surface area contributed by atoms with Crippen molar-refractivity contribution in [2.45, 2.75) is 10.7 Å². The molecule has 0 aliphatic heterocycles. The highest BCUT2D eigenvalue weighted by atomic mass is 79.9. The van der Waals surface area contributed by atoms with E-state index < -0.39 is 26.3 Å². The van der Waals surface area contributed by atoms with Gasteiger partial charge in [0.1, 0.15) is 10.7 Å². The third-order valence-corrected chi connectivity index (χ3v) is 3.81. The van der Waals surface area contributed by atoms with Gasteiger partial charge in [0.2, 0.25) is 9.84 Å². The molecule has 78 valence electrons. The van der Waals surface area contributed by atoms with Crippen molar-refractivity contribution in [3.8, 4) is 0 Å². The Morgan fingerprint density at radius 2 is 1.86 bits per heavy atom. The van der Waals surface area contributed by atoms with Gasteiger partial charge in [0.05, 0.1) is 0 Å². The van der Waals surface area contributed by atoms with Crippen LogP contribution >= 0.6 is 15.9 Å². The Kier molecular flexibility index (Phi) is 3.20. The van der Waals surface area contributed by atoms with Crippen LogP contribution in [-0.4, -0.2) is 14.2 Å². The number of sulfone groups is 1. The van der Waals surface area contributed by atoms with E-state index in [9.17, 15) is 21.6 Å². The first-order valence-corrected chi connectivity index (χ1v) is 5.67. The maximum Gasteiger partial charge on any atom is 0.341 e. The van der Waals surface area contributed by atoms with Gasteiger partial charge in [-0.15, -0.1) is 0 Å². The van der Waals surface area contributed by atoms with E-state index in [0.717, 1.165) is 6.07 Å². The molecule has 2 nitrogen and oxygen atoms in total. The molecule has 14 heavy (non-hydrogen) atoms. The highest BCUT2D eigenvalue weighted by Crippen LogP contribution is 2.28. The fourth-order valence-corrected chi connectivity index (χ4v) is 2.72. The molecule has 0 heterocycles. The van der Waals surface area contributed by atoms with E-state index >= 15 is 0 Å². The second kappa shape index (κ2) is 3.90. The Morgan fingerprint density at radius 1 is 1.29 bits per heavy atom. The van der Waals surface area contributed by atoms with Crippen LogP contribution in [0.3, 0.4) is 0 Å². The molecule has 0 fully saturated rings. The second-order valence-corrected chi connectivity index (χ2v) is 5.07. The van der Waals surface area contributed by atoms with Crippen molar-refractivity contribution in [1.29, 1.82) is 0 Å². The zero-order chi connectivity index (χ0) is 10.9. The lowest BCUT2D eigenvalue weighted by molar-refractivity contribution is 0.234. The van der Waals surface area contributed by atoms with Crippen LogP contribution in [0.25, 0.3) is 0 Å². The summed E-state index contributed by atoms with van der Waals surface area (Å²) in [6.45, 7) is 0. The van der Waals surface area contributed by atoms with Crippen molar-refractivity contribution in [2.75, 3.05) is 0 Å². The predicted molar refractivity (Wildman–Crippen MR) is 47.3 cm³/mol. The lowest BCUT2D eigenvalue weighted by Crippen LogP contribution is -2.13. The number of rotatable bonds is 2. The number of alkyl halides is 2. The van der Waals surface area contributed by atoms with Gasteiger partial charge in [-0.1, -0.05) is 6.07 Å². The molecule has 0 bridgehead atoms. The van der Waals surface area contributed by atoms with Crippen molar-refractivity contribution < 1.29 is 21.6 Å². The van der Waals surface area contributed by atoms with E-state index in [1.807, 2.05) is 0 Å². The molecule has 7 heteroatoms. The number of halogens is 4.